The van der Waals surface area contributed by atoms with Gasteiger partial charge in [0, 0.05) is 50.7 Å². The van der Waals surface area contributed by atoms with Gasteiger partial charge < -0.3 is 4.90 Å². The van der Waals surface area contributed by atoms with Crippen LogP contribution in [0.1, 0.15) is 75.1 Å². The molecule has 3 nitrogen and oxygen atoms in total. The van der Waals surface area contributed by atoms with Gasteiger partial charge in [0.05, 0.1) is 0 Å². The molecular weight excluding hydrogens is 571 g/mol. The summed E-state index contributed by atoms with van der Waals surface area (Å²) in [5.74, 6) is 2.03. The van der Waals surface area contributed by atoms with Crippen molar-refractivity contribution in [3.63, 3.8) is 0 Å². The van der Waals surface area contributed by atoms with Crippen molar-refractivity contribution in [2.75, 3.05) is 39.3 Å². The molecule has 2 aliphatic heterocycles. The van der Waals surface area contributed by atoms with Crippen molar-refractivity contribution in [1.82, 2.24) is 14.7 Å². The van der Waals surface area contributed by atoms with Gasteiger partial charge in [0.15, 0.2) is 0 Å². The Morgan fingerprint density at radius 1 is 0.532 bits per heavy atom. The van der Waals surface area contributed by atoms with Gasteiger partial charge >= 0.3 is 0 Å². The zero-order chi connectivity index (χ0) is 32.8. The highest BCUT2D eigenvalue weighted by atomic mass is 15.2. The largest absolute Gasteiger partial charge is 0.301 e. The van der Waals surface area contributed by atoms with Crippen LogP contribution in [0.25, 0.3) is 0 Å². The summed E-state index contributed by atoms with van der Waals surface area (Å²) in [7, 11) is 0. The first kappa shape index (κ1) is 35.1. The maximum absolute atomic E-state index is 2.67. The van der Waals surface area contributed by atoms with Gasteiger partial charge in [-0.1, -0.05) is 121 Å². The van der Waals surface area contributed by atoms with Gasteiger partial charge in [-0.05, 0) is 101 Å². The van der Waals surface area contributed by atoms with Gasteiger partial charge in [0.2, 0.25) is 0 Å². The van der Waals surface area contributed by atoms with Crippen LogP contribution in [0.4, 0.5) is 0 Å². The first-order valence-electron chi connectivity index (χ1n) is 18.3. The van der Waals surface area contributed by atoms with E-state index in [-0.39, 0.29) is 0 Å². The van der Waals surface area contributed by atoms with Crippen molar-refractivity contribution in [2.45, 2.75) is 77.9 Å². The molecule has 4 aromatic rings. The smallest absolute Gasteiger partial charge is 0.0234 e. The van der Waals surface area contributed by atoms with Crippen molar-refractivity contribution in [1.29, 1.82) is 0 Å². The molecule has 0 bridgehead atoms. The first-order chi connectivity index (χ1) is 23.0. The van der Waals surface area contributed by atoms with Gasteiger partial charge in [0.25, 0.3) is 0 Å². The Balaban J connectivity index is 0.000000186. The molecule has 0 saturated carbocycles. The minimum atomic E-state index is 0.539. The van der Waals surface area contributed by atoms with Crippen molar-refractivity contribution in [2.24, 2.45) is 11.8 Å². The number of piperidine rings is 1. The molecule has 0 aliphatic carbocycles. The summed E-state index contributed by atoms with van der Waals surface area (Å²) in [4.78, 5) is 7.94. The lowest BCUT2D eigenvalue weighted by Crippen LogP contribution is -2.39. The zero-order valence-corrected chi connectivity index (χ0v) is 29.6. The van der Waals surface area contributed by atoms with Crippen LogP contribution >= 0.6 is 0 Å². The fraction of sp³-hybridized carbons (Fsp3) is 0.455. The second-order valence-electron chi connectivity index (χ2n) is 14.5. The van der Waals surface area contributed by atoms with Gasteiger partial charge in [-0.2, -0.15) is 0 Å². The summed E-state index contributed by atoms with van der Waals surface area (Å²) < 4.78 is 0. The molecule has 2 saturated heterocycles. The highest BCUT2D eigenvalue weighted by molar-refractivity contribution is 5.33. The highest BCUT2D eigenvalue weighted by Crippen LogP contribution is 2.38. The van der Waals surface area contributed by atoms with E-state index in [1.807, 2.05) is 0 Å². The second-order valence-corrected chi connectivity index (χ2v) is 14.5. The van der Waals surface area contributed by atoms with E-state index in [4.69, 9.17) is 0 Å². The van der Waals surface area contributed by atoms with Crippen LogP contribution in [0.3, 0.4) is 0 Å². The summed E-state index contributed by atoms with van der Waals surface area (Å²) in [5.41, 5.74) is 5.84. The SMILES string of the molecule is CC(C)N1CCC(C(c2ccccc2)c2ccccc2)CC1.CC(C)N1CCN(Cc2ccccc2)CC(CCc2ccccc2)C1. The molecule has 250 valence electrons. The average molecular weight is 630 g/mol. The lowest BCUT2D eigenvalue weighted by Gasteiger charge is -2.38. The molecule has 0 N–H and O–H groups in total. The molecule has 47 heavy (non-hydrogen) atoms. The van der Waals surface area contributed by atoms with E-state index >= 15 is 0 Å². The molecule has 1 atom stereocenters. The third-order valence-electron chi connectivity index (χ3n) is 10.5. The molecule has 4 aromatic carbocycles. The molecule has 3 heteroatoms. The minimum absolute atomic E-state index is 0.539. The van der Waals surface area contributed by atoms with Crippen LogP contribution in [0.15, 0.2) is 121 Å². The van der Waals surface area contributed by atoms with Crippen molar-refractivity contribution < 1.29 is 0 Å². The third-order valence-corrected chi connectivity index (χ3v) is 10.5. The van der Waals surface area contributed by atoms with Gasteiger partial charge in [0.1, 0.15) is 0 Å². The average Bonchev–Trinajstić information content (AvgIpc) is 3.32. The number of benzene rings is 4. The van der Waals surface area contributed by atoms with Crippen molar-refractivity contribution in [3.05, 3.63) is 144 Å². The lowest BCUT2D eigenvalue weighted by molar-refractivity contribution is 0.142. The fourth-order valence-corrected chi connectivity index (χ4v) is 7.69. The highest BCUT2D eigenvalue weighted by Gasteiger charge is 2.29. The Labute approximate surface area is 286 Å². The van der Waals surface area contributed by atoms with Crippen LogP contribution in [-0.2, 0) is 13.0 Å². The van der Waals surface area contributed by atoms with E-state index in [9.17, 15) is 0 Å². The molecular formula is C44H59N3. The van der Waals surface area contributed by atoms with Gasteiger partial charge in [-0.15, -0.1) is 0 Å². The predicted molar refractivity (Wildman–Crippen MR) is 201 cm³/mol. The first-order valence-corrected chi connectivity index (χ1v) is 18.3. The number of nitrogens with zero attached hydrogens (tertiary/aromatic N) is 3. The summed E-state index contributed by atoms with van der Waals surface area (Å²) in [5, 5.41) is 0. The van der Waals surface area contributed by atoms with Crippen LogP contribution < -0.4 is 0 Å². The number of likely N-dealkylation sites (tertiary alicyclic amines) is 1. The van der Waals surface area contributed by atoms with Crippen molar-refractivity contribution >= 4 is 0 Å². The van der Waals surface area contributed by atoms with E-state index in [0.29, 0.717) is 18.0 Å². The summed E-state index contributed by atoms with van der Waals surface area (Å²) in [6, 6.07) is 45.3. The predicted octanol–water partition coefficient (Wildman–Crippen LogP) is 9.40. The summed E-state index contributed by atoms with van der Waals surface area (Å²) >= 11 is 0. The third kappa shape index (κ3) is 10.9. The number of rotatable bonds is 10. The molecule has 2 aliphatic rings. The standard InChI is InChI=1S/C23H32N2.C21H27N/c1-20(2)25-16-15-24(17-22-11-7-4-8-12-22)18-23(19-25)14-13-21-9-5-3-6-10-21;1-17(2)22-15-13-20(14-16-22)21(18-9-5-3-6-10-18)19-11-7-4-8-12-19/h3-12,20,23H,13-19H2,1-2H3;3-12,17,20-21H,13-16H2,1-2H3. The minimum Gasteiger partial charge on any atom is -0.301 e. The molecule has 2 heterocycles. The van der Waals surface area contributed by atoms with Gasteiger partial charge in [-0.3, -0.25) is 9.80 Å². The lowest BCUT2D eigenvalue weighted by atomic mass is 9.76. The number of aryl methyl sites for hydroxylation is 1. The molecule has 0 radical (unpaired) electrons. The maximum atomic E-state index is 2.67. The Kier molecular flexibility index (Phi) is 13.7. The Morgan fingerprint density at radius 3 is 1.53 bits per heavy atom. The monoisotopic (exact) mass is 629 g/mol. The topological polar surface area (TPSA) is 9.72 Å². The second kappa shape index (κ2) is 18.3. The molecule has 6 rings (SSSR count). The van der Waals surface area contributed by atoms with E-state index in [2.05, 4.69) is 164 Å². The molecule has 0 spiro atoms. The fourth-order valence-electron chi connectivity index (χ4n) is 7.69. The van der Waals surface area contributed by atoms with Crippen LogP contribution in [0.2, 0.25) is 0 Å². The Hall–Kier alpha value is -3.24. The van der Waals surface area contributed by atoms with E-state index in [1.54, 1.807) is 0 Å². The normalized spacial score (nSPS) is 18.7. The number of hydrogen-bond donors (Lipinski definition) is 0. The molecule has 2 fully saturated rings. The molecule has 0 amide bonds. The molecule has 0 aromatic heterocycles. The van der Waals surface area contributed by atoms with Crippen LogP contribution in [-0.4, -0.2) is 66.1 Å². The maximum Gasteiger partial charge on any atom is 0.0234 e. The van der Waals surface area contributed by atoms with E-state index in [0.717, 1.165) is 18.4 Å². The Bertz CT molecular complexity index is 1340. The quantitative estimate of drug-likeness (QED) is 0.173. The summed E-state index contributed by atoms with van der Waals surface area (Å²) in [6.07, 6.45) is 5.06. The Morgan fingerprint density at radius 2 is 1.02 bits per heavy atom. The molecule has 1 unspecified atom stereocenters. The number of hydrogen-bond acceptors (Lipinski definition) is 3. The van der Waals surface area contributed by atoms with E-state index < -0.39 is 0 Å². The van der Waals surface area contributed by atoms with Crippen LogP contribution in [0.5, 0.6) is 0 Å². The van der Waals surface area contributed by atoms with E-state index in [1.165, 1.54) is 87.2 Å². The van der Waals surface area contributed by atoms with Crippen molar-refractivity contribution in [3.8, 4) is 0 Å². The summed E-state index contributed by atoms with van der Waals surface area (Å²) in [6.45, 7) is 17.6. The van der Waals surface area contributed by atoms with Crippen LogP contribution in [0, 0.1) is 11.8 Å². The zero-order valence-electron chi connectivity index (χ0n) is 29.6. The van der Waals surface area contributed by atoms with Gasteiger partial charge in [-0.25, -0.2) is 0 Å².